The summed E-state index contributed by atoms with van der Waals surface area (Å²) in [6, 6.07) is 7.40. The van der Waals surface area contributed by atoms with Crippen LogP contribution in [0.25, 0.3) is 0 Å². The fourth-order valence-electron chi connectivity index (χ4n) is 4.84. The molecule has 9 heteroatoms. The number of piperidine rings is 1. The lowest BCUT2D eigenvalue weighted by Crippen LogP contribution is -2.42. The van der Waals surface area contributed by atoms with E-state index < -0.39 is 0 Å². The highest BCUT2D eigenvalue weighted by Gasteiger charge is 2.28. The van der Waals surface area contributed by atoms with Crippen LogP contribution in [0.1, 0.15) is 48.0 Å². The van der Waals surface area contributed by atoms with Crippen molar-refractivity contribution in [3.8, 4) is 5.75 Å². The van der Waals surface area contributed by atoms with Gasteiger partial charge in [-0.05, 0) is 69.3 Å². The zero-order chi connectivity index (χ0) is 24.1. The van der Waals surface area contributed by atoms with Crippen molar-refractivity contribution in [2.45, 2.75) is 44.8 Å². The molecule has 2 aromatic rings. The summed E-state index contributed by atoms with van der Waals surface area (Å²) in [5.41, 5.74) is 7.12. The Labute approximate surface area is 210 Å². The zero-order valence-electron chi connectivity index (χ0n) is 19.3. The molecule has 3 heterocycles. The summed E-state index contributed by atoms with van der Waals surface area (Å²) in [6.45, 7) is 3.90. The number of ether oxygens (including phenoxy) is 1. The fraction of sp³-hybridized carbons (Fsp3) is 0.520. The number of nitrogens with two attached hydrogens (primary N) is 1. The highest BCUT2D eigenvalue weighted by atomic mass is 35.5. The van der Waals surface area contributed by atoms with Gasteiger partial charge in [0, 0.05) is 47.5 Å². The third-order valence-electron chi connectivity index (χ3n) is 6.97. The van der Waals surface area contributed by atoms with Crippen LogP contribution in [0.2, 0.25) is 10.0 Å². The van der Waals surface area contributed by atoms with Crippen molar-refractivity contribution < 1.29 is 14.6 Å². The van der Waals surface area contributed by atoms with Gasteiger partial charge in [0.05, 0.1) is 5.56 Å². The second-order valence-electron chi connectivity index (χ2n) is 9.14. The monoisotopic (exact) mass is 506 g/mol. The Hall–Kier alpha value is -2.06. The number of nitrogen functional groups attached to an aromatic ring is 1. The number of likely N-dealkylation sites (tertiary alicyclic amines) is 2. The molecule has 184 valence electrons. The minimum Gasteiger partial charge on any atom is -0.485 e. The Morgan fingerprint density at radius 1 is 1.12 bits per heavy atom. The fourth-order valence-corrected chi connectivity index (χ4v) is 5.34. The van der Waals surface area contributed by atoms with Crippen LogP contribution in [-0.4, -0.2) is 64.6 Å². The summed E-state index contributed by atoms with van der Waals surface area (Å²) in [5, 5.41) is 10.4. The second kappa shape index (κ2) is 11.6. The first kappa shape index (κ1) is 25.0. The number of hydrogen-bond acceptors (Lipinski definition) is 6. The maximum Gasteiger partial charge on any atom is 0.255 e. The van der Waals surface area contributed by atoms with E-state index in [0.717, 1.165) is 51.7 Å². The Balaban J connectivity index is 1.38. The smallest absolute Gasteiger partial charge is 0.255 e. The van der Waals surface area contributed by atoms with Crippen molar-refractivity contribution in [3.63, 3.8) is 0 Å². The van der Waals surface area contributed by atoms with Crippen LogP contribution in [0, 0.1) is 5.92 Å². The molecule has 4 rings (SSSR count). The molecule has 1 aromatic carbocycles. The number of rotatable bonds is 6. The van der Waals surface area contributed by atoms with Crippen LogP contribution >= 0.6 is 23.2 Å². The molecule has 2 saturated heterocycles. The van der Waals surface area contributed by atoms with E-state index in [1.807, 2.05) is 4.90 Å². The lowest BCUT2D eigenvalue weighted by Gasteiger charge is -2.36. The van der Waals surface area contributed by atoms with Crippen molar-refractivity contribution in [2.75, 3.05) is 38.5 Å². The van der Waals surface area contributed by atoms with Gasteiger partial charge in [0.15, 0.2) is 11.6 Å². The molecular formula is C25H32Cl2N4O3. The molecule has 0 spiro atoms. The van der Waals surface area contributed by atoms with Gasteiger partial charge in [0.1, 0.15) is 6.61 Å². The Bertz CT molecular complexity index is 978. The number of aliphatic hydroxyl groups excluding tert-OH is 1. The van der Waals surface area contributed by atoms with Gasteiger partial charge in [0.2, 0.25) is 0 Å². The van der Waals surface area contributed by atoms with Crippen LogP contribution in [0.3, 0.4) is 0 Å². The third kappa shape index (κ3) is 5.95. The molecule has 0 bridgehead atoms. The molecule has 7 nitrogen and oxygen atoms in total. The average Bonchev–Trinajstić information content (AvgIpc) is 3.11. The number of pyridine rings is 1. The molecule has 2 aliphatic rings. The first-order chi connectivity index (χ1) is 16.5. The standard InChI is InChI=1S/C25H32Cl2N4O3/c26-21-4-1-5-22(27)20(21)16-34-23-13-18(14-29-24(23)28)25(33)31-9-2-3-19(8-12-31)30-10-6-17(15-32)7-11-30/h1,4-5,13-14,17,19,32H,2-3,6-12,15-16H2,(H2,28,29). The first-order valence-corrected chi connectivity index (χ1v) is 12.7. The van der Waals surface area contributed by atoms with Crippen molar-refractivity contribution in [1.82, 2.24) is 14.8 Å². The molecule has 1 atom stereocenters. The Morgan fingerprint density at radius 2 is 1.85 bits per heavy atom. The van der Waals surface area contributed by atoms with Gasteiger partial charge in [-0.3, -0.25) is 4.79 Å². The van der Waals surface area contributed by atoms with Gasteiger partial charge in [-0.1, -0.05) is 29.3 Å². The molecular weight excluding hydrogens is 475 g/mol. The van der Waals surface area contributed by atoms with E-state index in [1.165, 1.54) is 6.20 Å². The SMILES string of the molecule is Nc1ncc(C(=O)N2CCCC(N3CCC(CO)CC3)CC2)cc1OCc1c(Cl)cccc1Cl. The second-order valence-corrected chi connectivity index (χ2v) is 9.95. The molecule has 2 aliphatic heterocycles. The molecule has 0 saturated carbocycles. The Morgan fingerprint density at radius 3 is 2.56 bits per heavy atom. The van der Waals surface area contributed by atoms with E-state index in [1.54, 1.807) is 24.3 Å². The van der Waals surface area contributed by atoms with E-state index in [4.69, 9.17) is 33.7 Å². The van der Waals surface area contributed by atoms with Crippen LogP contribution in [0.15, 0.2) is 30.5 Å². The van der Waals surface area contributed by atoms with Gasteiger partial charge in [-0.15, -0.1) is 0 Å². The largest absolute Gasteiger partial charge is 0.485 e. The van der Waals surface area contributed by atoms with E-state index in [-0.39, 0.29) is 24.9 Å². The van der Waals surface area contributed by atoms with Crippen molar-refractivity contribution >= 4 is 34.9 Å². The Kier molecular flexibility index (Phi) is 8.53. The first-order valence-electron chi connectivity index (χ1n) is 11.9. The summed E-state index contributed by atoms with van der Waals surface area (Å²) in [4.78, 5) is 21.9. The van der Waals surface area contributed by atoms with Crippen molar-refractivity contribution in [3.05, 3.63) is 51.6 Å². The van der Waals surface area contributed by atoms with Crippen LogP contribution < -0.4 is 10.5 Å². The highest BCUT2D eigenvalue weighted by molar-refractivity contribution is 6.35. The quantitative estimate of drug-likeness (QED) is 0.608. The summed E-state index contributed by atoms with van der Waals surface area (Å²) < 4.78 is 5.85. The molecule has 2 fully saturated rings. The number of hydrogen-bond donors (Lipinski definition) is 2. The van der Waals surface area contributed by atoms with Gasteiger partial charge in [-0.2, -0.15) is 0 Å². The number of carbonyl (C=O) groups excluding carboxylic acids is 1. The minimum atomic E-state index is -0.0623. The van der Waals surface area contributed by atoms with Crippen LogP contribution in [-0.2, 0) is 6.61 Å². The maximum absolute atomic E-state index is 13.3. The molecule has 1 unspecified atom stereocenters. The van der Waals surface area contributed by atoms with E-state index >= 15 is 0 Å². The van der Waals surface area contributed by atoms with Crippen molar-refractivity contribution in [2.24, 2.45) is 5.92 Å². The van der Waals surface area contributed by atoms with Crippen LogP contribution in [0.5, 0.6) is 5.75 Å². The highest BCUT2D eigenvalue weighted by Crippen LogP contribution is 2.29. The molecule has 1 amide bonds. The average molecular weight is 507 g/mol. The summed E-state index contributed by atoms with van der Waals surface area (Å²) in [6.07, 6.45) is 6.61. The predicted molar refractivity (Wildman–Crippen MR) is 134 cm³/mol. The van der Waals surface area contributed by atoms with E-state index in [9.17, 15) is 9.90 Å². The number of anilines is 1. The van der Waals surface area contributed by atoms with Gasteiger partial charge < -0.3 is 25.4 Å². The number of halogens is 2. The molecule has 0 aliphatic carbocycles. The van der Waals surface area contributed by atoms with Gasteiger partial charge in [-0.25, -0.2) is 4.98 Å². The molecule has 1 aromatic heterocycles. The molecule has 3 N–H and O–H groups in total. The molecule has 34 heavy (non-hydrogen) atoms. The summed E-state index contributed by atoms with van der Waals surface area (Å²) in [7, 11) is 0. The normalized spacial score (nSPS) is 20.2. The number of nitrogens with zero attached hydrogens (tertiary/aromatic N) is 3. The predicted octanol–water partition coefficient (Wildman–Crippen LogP) is 4.25. The lowest BCUT2D eigenvalue weighted by molar-refractivity contribution is 0.0741. The summed E-state index contributed by atoms with van der Waals surface area (Å²) in [5.74, 6) is 0.916. The van der Waals surface area contributed by atoms with Crippen molar-refractivity contribution in [1.29, 1.82) is 0 Å². The number of carbonyl (C=O) groups is 1. The maximum atomic E-state index is 13.3. The minimum absolute atomic E-state index is 0.0623. The van der Waals surface area contributed by atoms with E-state index in [2.05, 4.69) is 9.88 Å². The van der Waals surface area contributed by atoms with Gasteiger partial charge in [0.25, 0.3) is 5.91 Å². The summed E-state index contributed by atoms with van der Waals surface area (Å²) >= 11 is 12.5. The number of aliphatic hydroxyl groups is 1. The van der Waals surface area contributed by atoms with Crippen LogP contribution in [0.4, 0.5) is 5.82 Å². The third-order valence-corrected chi connectivity index (χ3v) is 7.68. The number of benzene rings is 1. The lowest BCUT2D eigenvalue weighted by atomic mass is 9.95. The number of aromatic nitrogens is 1. The topological polar surface area (TPSA) is 91.9 Å². The molecule has 0 radical (unpaired) electrons. The van der Waals surface area contributed by atoms with E-state index in [0.29, 0.717) is 45.4 Å². The zero-order valence-corrected chi connectivity index (χ0v) is 20.8. The number of amides is 1. The van der Waals surface area contributed by atoms with Gasteiger partial charge >= 0.3 is 0 Å².